The van der Waals surface area contributed by atoms with Gasteiger partial charge in [-0.1, -0.05) is 0 Å². The van der Waals surface area contributed by atoms with Crippen LogP contribution in [0.2, 0.25) is 0 Å². The largest absolute Gasteiger partial charge is 0.477 e. The highest BCUT2D eigenvalue weighted by Crippen LogP contribution is 2.34. The van der Waals surface area contributed by atoms with Crippen LogP contribution in [0.25, 0.3) is 20.8 Å². The van der Waals surface area contributed by atoms with Crippen LogP contribution in [0.4, 0.5) is 10.2 Å². The summed E-state index contributed by atoms with van der Waals surface area (Å²) in [4.78, 5) is 14.3. The molecule has 0 aliphatic heterocycles. The minimum atomic E-state index is -0.183. The number of fused-ring (bicyclic) bond motifs is 1. The monoisotopic (exact) mass is 428 g/mol. The number of benzene rings is 1. The lowest BCUT2D eigenvalue weighted by Crippen LogP contribution is -2.07. The molecule has 4 aromatic rings. The molecule has 0 radical (unpaired) electrons. The zero-order valence-electron chi connectivity index (χ0n) is 16.5. The highest BCUT2D eigenvalue weighted by atomic mass is 32.1. The molecule has 3 heterocycles. The molecular formula is C21H21FN4OS2. The van der Waals surface area contributed by atoms with E-state index in [1.54, 1.807) is 23.5 Å². The predicted octanol–water partition coefficient (Wildman–Crippen LogP) is 5.62. The highest BCUT2D eigenvalue weighted by Gasteiger charge is 2.13. The first-order valence-electron chi connectivity index (χ1n) is 9.38. The van der Waals surface area contributed by atoms with Crippen molar-refractivity contribution >= 4 is 38.6 Å². The van der Waals surface area contributed by atoms with E-state index < -0.39 is 0 Å². The van der Waals surface area contributed by atoms with Crippen molar-refractivity contribution in [2.24, 2.45) is 0 Å². The summed E-state index contributed by atoms with van der Waals surface area (Å²) in [6.45, 7) is 7.26. The predicted molar refractivity (Wildman–Crippen MR) is 118 cm³/mol. The van der Waals surface area contributed by atoms with Crippen LogP contribution in [0.3, 0.4) is 0 Å². The van der Waals surface area contributed by atoms with Gasteiger partial charge in [0.1, 0.15) is 28.7 Å². The van der Waals surface area contributed by atoms with E-state index in [9.17, 15) is 4.39 Å². The number of halogens is 1. The summed E-state index contributed by atoms with van der Waals surface area (Å²) in [5.74, 6) is 1.17. The van der Waals surface area contributed by atoms with Gasteiger partial charge in [0.25, 0.3) is 0 Å². The second-order valence-corrected chi connectivity index (χ2v) is 8.71. The maximum atomic E-state index is 13.9. The number of aryl methyl sites for hydroxylation is 2. The van der Waals surface area contributed by atoms with E-state index in [0.29, 0.717) is 19.0 Å². The quantitative estimate of drug-likeness (QED) is 0.414. The van der Waals surface area contributed by atoms with Crippen LogP contribution >= 0.6 is 22.7 Å². The molecule has 0 atom stereocenters. The fraction of sp³-hybridized carbons (Fsp3) is 0.286. The topological polar surface area (TPSA) is 59.9 Å². The number of hydrogen-bond donors (Lipinski definition) is 1. The summed E-state index contributed by atoms with van der Waals surface area (Å²) in [5, 5.41) is 7.04. The van der Waals surface area contributed by atoms with Crippen molar-refractivity contribution < 1.29 is 9.13 Å². The van der Waals surface area contributed by atoms with Gasteiger partial charge in [-0.15, -0.1) is 22.7 Å². The summed E-state index contributed by atoms with van der Waals surface area (Å²) < 4.78 is 20.5. The lowest BCUT2D eigenvalue weighted by atomic mass is 10.1. The molecule has 150 valence electrons. The van der Waals surface area contributed by atoms with Gasteiger partial charge in [-0.05, 0) is 55.8 Å². The number of thiazole rings is 1. The van der Waals surface area contributed by atoms with Gasteiger partial charge in [-0.2, -0.15) is 0 Å². The molecule has 0 saturated heterocycles. The molecule has 3 aromatic heterocycles. The van der Waals surface area contributed by atoms with E-state index >= 15 is 0 Å². The van der Waals surface area contributed by atoms with Crippen LogP contribution < -0.4 is 10.1 Å². The Morgan fingerprint density at radius 3 is 2.86 bits per heavy atom. The second-order valence-electron chi connectivity index (χ2n) is 6.63. The molecule has 0 saturated carbocycles. The zero-order chi connectivity index (χ0) is 20.4. The molecule has 5 nitrogen and oxygen atoms in total. The second kappa shape index (κ2) is 8.42. The van der Waals surface area contributed by atoms with E-state index in [2.05, 4.69) is 27.2 Å². The Morgan fingerprint density at radius 1 is 1.17 bits per heavy atom. The van der Waals surface area contributed by atoms with E-state index in [1.165, 1.54) is 28.1 Å². The number of aromatic nitrogens is 3. The molecule has 0 amide bonds. The first-order valence-corrected chi connectivity index (χ1v) is 11.1. The Labute approximate surface area is 176 Å². The molecule has 1 N–H and O–H groups in total. The Kier molecular flexibility index (Phi) is 5.73. The Bertz CT molecular complexity index is 1160. The van der Waals surface area contributed by atoms with Crippen molar-refractivity contribution in [3.05, 3.63) is 51.7 Å². The Morgan fingerprint density at radius 2 is 2.03 bits per heavy atom. The highest BCUT2D eigenvalue weighted by molar-refractivity contribution is 7.19. The zero-order valence-corrected chi connectivity index (χ0v) is 18.1. The van der Waals surface area contributed by atoms with Crippen LogP contribution in [0.15, 0.2) is 29.9 Å². The maximum Gasteiger partial charge on any atom is 0.224 e. The number of nitrogens with zero attached hydrogens (tertiary/aromatic N) is 3. The number of ether oxygens (including phenoxy) is 1. The van der Waals surface area contributed by atoms with Crippen molar-refractivity contribution in [3.8, 4) is 16.6 Å². The number of hydrogen-bond acceptors (Lipinski definition) is 7. The summed E-state index contributed by atoms with van der Waals surface area (Å²) in [5.41, 5.74) is 2.94. The number of rotatable bonds is 7. The standard InChI is InChI=1S/C21H21FN4OS2/c1-4-27-19-10-28-21(26-19)17-9-18(25-11-24-17)23-6-5-15-13(3)29-20-12(2)7-14(22)8-16(15)20/h7-11H,4-6H2,1-3H3,(H,23,24,25). The summed E-state index contributed by atoms with van der Waals surface area (Å²) >= 11 is 3.22. The molecular weight excluding hydrogens is 407 g/mol. The van der Waals surface area contributed by atoms with Crippen molar-refractivity contribution in [2.45, 2.75) is 27.2 Å². The normalized spacial score (nSPS) is 11.2. The first kappa shape index (κ1) is 19.7. The van der Waals surface area contributed by atoms with Gasteiger partial charge < -0.3 is 10.1 Å². The third-order valence-electron chi connectivity index (χ3n) is 4.59. The van der Waals surface area contributed by atoms with Crippen molar-refractivity contribution in [2.75, 3.05) is 18.5 Å². The van der Waals surface area contributed by atoms with Crippen molar-refractivity contribution in [3.63, 3.8) is 0 Å². The van der Waals surface area contributed by atoms with E-state index in [1.807, 2.05) is 25.3 Å². The van der Waals surface area contributed by atoms with Crippen molar-refractivity contribution in [1.29, 1.82) is 0 Å². The summed E-state index contributed by atoms with van der Waals surface area (Å²) in [7, 11) is 0. The van der Waals surface area contributed by atoms with Crippen LogP contribution in [0.1, 0.15) is 22.9 Å². The van der Waals surface area contributed by atoms with Crippen LogP contribution in [-0.4, -0.2) is 28.1 Å². The van der Waals surface area contributed by atoms with Gasteiger partial charge in [0.05, 0.1) is 12.0 Å². The minimum Gasteiger partial charge on any atom is -0.477 e. The van der Waals surface area contributed by atoms with Crippen molar-refractivity contribution in [1.82, 2.24) is 15.0 Å². The number of thiophene rings is 1. The summed E-state index contributed by atoms with van der Waals surface area (Å²) in [6.07, 6.45) is 2.32. The van der Waals surface area contributed by atoms with Gasteiger partial charge in [0.2, 0.25) is 5.88 Å². The van der Waals surface area contributed by atoms with Gasteiger partial charge >= 0.3 is 0 Å². The SMILES string of the molecule is CCOc1csc(-c2cc(NCCc3c(C)sc4c(C)cc(F)cc34)ncn2)n1. The maximum absolute atomic E-state index is 13.9. The molecule has 0 unspecified atom stereocenters. The average molecular weight is 429 g/mol. The first-order chi connectivity index (χ1) is 14.0. The molecule has 4 rings (SSSR count). The molecule has 1 aromatic carbocycles. The molecule has 0 fully saturated rings. The third kappa shape index (κ3) is 4.23. The molecule has 29 heavy (non-hydrogen) atoms. The van der Waals surface area contributed by atoms with Crippen LogP contribution in [0, 0.1) is 19.7 Å². The van der Waals surface area contributed by atoms with Crippen LogP contribution in [0.5, 0.6) is 5.88 Å². The van der Waals surface area contributed by atoms with E-state index in [0.717, 1.165) is 38.6 Å². The summed E-state index contributed by atoms with van der Waals surface area (Å²) in [6, 6.07) is 5.12. The average Bonchev–Trinajstić information content (AvgIpc) is 3.28. The van der Waals surface area contributed by atoms with Gasteiger partial charge in [-0.3, -0.25) is 0 Å². The van der Waals surface area contributed by atoms with E-state index in [-0.39, 0.29) is 5.82 Å². The smallest absolute Gasteiger partial charge is 0.224 e. The molecule has 0 bridgehead atoms. The fourth-order valence-electron chi connectivity index (χ4n) is 3.28. The molecule has 8 heteroatoms. The Hall–Kier alpha value is -2.58. The fourth-order valence-corrected chi connectivity index (χ4v) is 5.14. The third-order valence-corrected chi connectivity index (χ3v) is 6.73. The lowest BCUT2D eigenvalue weighted by molar-refractivity contribution is 0.329. The van der Waals surface area contributed by atoms with E-state index in [4.69, 9.17) is 4.74 Å². The minimum absolute atomic E-state index is 0.183. The molecule has 0 spiro atoms. The lowest BCUT2D eigenvalue weighted by Gasteiger charge is -2.07. The molecule has 0 aliphatic carbocycles. The molecule has 0 aliphatic rings. The van der Waals surface area contributed by atoms with Gasteiger partial charge in [-0.25, -0.2) is 19.3 Å². The van der Waals surface area contributed by atoms with Gasteiger partial charge in [0.15, 0.2) is 0 Å². The number of anilines is 1. The Balaban J connectivity index is 1.48. The van der Waals surface area contributed by atoms with Crippen LogP contribution in [-0.2, 0) is 6.42 Å². The van der Waals surface area contributed by atoms with Gasteiger partial charge in [0, 0.05) is 22.2 Å². The number of nitrogens with one attached hydrogen (secondary N) is 1.